The van der Waals surface area contributed by atoms with Gasteiger partial charge in [0.1, 0.15) is 11.8 Å². The van der Waals surface area contributed by atoms with E-state index in [1.165, 1.54) is 43.9 Å². The van der Waals surface area contributed by atoms with Crippen molar-refractivity contribution in [3.05, 3.63) is 94.3 Å². The van der Waals surface area contributed by atoms with E-state index >= 15 is 0 Å². The first-order chi connectivity index (χ1) is 22.9. The fraction of sp³-hybridized carbons (Fsp3) is 0.400. The molecule has 0 saturated carbocycles. The number of carboxylic acid groups (broad SMARTS) is 1. The van der Waals surface area contributed by atoms with E-state index < -0.39 is 23.8 Å². The van der Waals surface area contributed by atoms with Crippen LogP contribution in [0, 0.1) is 5.92 Å². The molecule has 0 fully saturated rings. The third-order valence-corrected chi connectivity index (χ3v) is 9.90. The fourth-order valence-electron chi connectivity index (χ4n) is 5.34. The Morgan fingerprint density at radius 1 is 0.854 bits per heavy atom. The molecule has 0 aliphatic heterocycles. The average Bonchev–Trinajstić information content (AvgIpc) is 3.59. The number of nitrogens with one attached hydrogen (secondary N) is 1. The zero-order chi connectivity index (χ0) is 34.7. The van der Waals surface area contributed by atoms with Crippen LogP contribution < -0.4 is 10.1 Å². The summed E-state index contributed by atoms with van der Waals surface area (Å²) < 4.78 is 5.90. The van der Waals surface area contributed by atoms with Crippen LogP contribution in [0.5, 0.6) is 5.75 Å². The third-order valence-electron chi connectivity index (χ3n) is 8.35. The molecule has 0 unspecified atom stereocenters. The molecule has 2 N–H and O–H groups in total. The van der Waals surface area contributed by atoms with Gasteiger partial charge in [0, 0.05) is 34.5 Å². The van der Waals surface area contributed by atoms with Crippen molar-refractivity contribution >= 4 is 29.0 Å². The number of pyridine rings is 1. The minimum absolute atomic E-state index is 0.0147. The van der Waals surface area contributed by atoms with E-state index in [2.05, 4.69) is 33.0 Å². The van der Waals surface area contributed by atoms with Crippen molar-refractivity contribution in [3.63, 3.8) is 0 Å². The van der Waals surface area contributed by atoms with Gasteiger partial charge in [-0.1, -0.05) is 95.8 Å². The van der Waals surface area contributed by atoms with Crippen LogP contribution in [0.4, 0.5) is 0 Å². The second kappa shape index (κ2) is 17.2. The number of aliphatic carboxylic acids is 1. The number of ether oxygens (including phenoxy) is 1. The maximum absolute atomic E-state index is 13.3. The third kappa shape index (κ3) is 10.6. The fourth-order valence-corrected chi connectivity index (χ4v) is 6.35. The Kier molecular flexibility index (Phi) is 13.1. The molecule has 0 aliphatic rings. The van der Waals surface area contributed by atoms with Gasteiger partial charge in [-0.2, -0.15) is 0 Å². The van der Waals surface area contributed by atoms with Crippen LogP contribution in [0.15, 0.2) is 79.0 Å². The number of unbranched alkanes of at least 4 members (excludes halogenated alkanes) is 4. The van der Waals surface area contributed by atoms with Crippen LogP contribution in [0.25, 0.3) is 22.4 Å². The van der Waals surface area contributed by atoms with E-state index in [0.717, 1.165) is 51.6 Å². The minimum atomic E-state index is -1.13. The van der Waals surface area contributed by atoms with Crippen LogP contribution in [-0.2, 0) is 21.4 Å². The Morgan fingerprint density at radius 3 is 2.12 bits per heavy atom. The van der Waals surface area contributed by atoms with Crippen molar-refractivity contribution in [2.45, 2.75) is 91.0 Å². The SMILES string of the molecule is CCCCCCCOc1ccc(-c2ccc(-c3ccc(C[C@H](CC(=O)c4ccc(C(C)(C)C)s4)C(=O)N[C@H](C)C(=O)O)cc3)nc2)cc1. The number of hydrogen-bond donors (Lipinski definition) is 2. The number of nitrogens with zero attached hydrogens (tertiary/aromatic N) is 1. The standard InChI is InChI=1S/C40H48N2O5S/c1-6-7-8-9-10-23-47-33-18-15-29(16-19-33)31-17-20-34(41-26-31)30-13-11-28(12-14-30)24-32(38(44)42-27(2)39(45)46)25-35(43)36-21-22-37(48-36)40(3,4)5/h11-22,26-27,32H,6-10,23-25H2,1-5H3,(H,42,44)(H,45,46)/t27-,32-/m1/s1. The Balaban J connectivity index is 1.40. The number of ketones is 1. The Bertz CT molecular complexity index is 1640. The van der Waals surface area contributed by atoms with Gasteiger partial charge >= 0.3 is 5.97 Å². The Morgan fingerprint density at radius 2 is 1.52 bits per heavy atom. The second-order valence-electron chi connectivity index (χ2n) is 13.4. The lowest BCUT2D eigenvalue weighted by Crippen LogP contribution is -2.42. The number of carbonyl (C=O) groups excluding carboxylic acids is 2. The molecule has 2 atom stereocenters. The molecule has 2 aromatic carbocycles. The summed E-state index contributed by atoms with van der Waals surface area (Å²) in [5.74, 6) is -1.54. The van der Waals surface area contributed by atoms with Gasteiger partial charge in [0.05, 0.1) is 17.2 Å². The highest BCUT2D eigenvalue weighted by atomic mass is 32.1. The predicted octanol–water partition coefficient (Wildman–Crippen LogP) is 9.14. The zero-order valence-electron chi connectivity index (χ0n) is 28.8. The number of rotatable bonds is 17. The van der Waals surface area contributed by atoms with Crippen molar-refractivity contribution in [1.29, 1.82) is 0 Å². The summed E-state index contributed by atoms with van der Waals surface area (Å²) in [5, 5.41) is 11.9. The quantitative estimate of drug-likeness (QED) is 0.0859. The summed E-state index contributed by atoms with van der Waals surface area (Å²) >= 11 is 1.44. The van der Waals surface area contributed by atoms with Crippen LogP contribution in [0.2, 0.25) is 0 Å². The van der Waals surface area contributed by atoms with Gasteiger partial charge in [-0.3, -0.25) is 19.4 Å². The van der Waals surface area contributed by atoms with E-state index in [9.17, 15) is 19.5 Å². The normalized spacial score (nSPS) is 12.7. The van der Waals surface area contributed by atoms with Gasteiger partial charge in [0.25, 0.3) is 0 Å². The topological polar surface area (TPSA) is 106 Å². The van der Waals surface area contributed by atoms with Gasteiger partial charge in [-0.25, -0.2) is 0 Å². The average molecular weight is 669 g/mol. The van der Waals surface area contributed by atoms with Gasteiger partial charge < -0.3 is 15.2 Å². The van der Waals surface area contributed by atoms with E-state index in [4.69, 9.17) is 9.72 Å². The van der Waals surface area contributed by atoms with Crippen LogP contribution in [-0.4, -0.2) is 40.4 Å². The molecule has 8 heteroatoms. The lowest BCUT2D eigenvalue weighted by molar-refractivity contribution is -0.141. The number of Topliss-reactive ketones (excluding diaryl/α,β-unsaturated/α-hetero) is 1. The summed E-state index contributed by atoms with van der Waals surface area (Å²) in [6.45, 7) is 10.7. The molecule has 2 aromatic heterocycles. The van der Waals surface area contributed by atoms with Crippen molar-refractivity contribution in [1.82, 2.24) is 10.3 Å². The highest BCUT2D eigenvalue weighted by Crippen LogP contribution is 2.31. The first-order valence-electron chi connectivity index (χ1n) is 16.9. The number of benzene rings is 2. The summed E-state index contributed by atoms with van der Waals surface area (Å²) in [4.78, 5) is 44.3. The number of thiophene rings is 1. The second-order valence-corrected chi connectivity index (χ2v) is 14.5. The number of amides is 1. The molecule has 0 radical (unpaired) electrons. The van der Waals surface area contributed by atoms with Crippen molar-refractivity contribution in [2.24, 2.45) is 5.92 Å². The van der Waals surface area contributed by atoms with Crippen LogP contribution >= 0.6 is 11.3 Å². The monoisotopic (exact) mass is 668 g/mol. The Hall–Kier alpha value is -4.30. The number of carboxylic acids is 1. The first-order valence-corrected chi connectivity index (χ1v) is 17.7. The molecule has 254 valence electrons. The zero-order valence-corrected chi connectivity index (χ0v) is 29.6. The number of carbonyl (C=O) groups is 3. The summed E-state index contributed by atoms with van der Waals surface area (Å²) in [5.41, 5.74) is 4.61. The van der Waals surface area contributed by atoms with Gasteiger partial charge in [0.2, 0.25) is 5.91 Å². The van der Waals surface area contributed by atoms with Crippen molar-refractivity contribution < 1.29 is 24.2 Å². The van der Waals surface area contributed by atoms with Crippen LogP contribution in [0.1, 0.15) is 93.3 Å². The molecule has 4 rings (SSSR count). The van der Waals surface area contributed by atoms with Gasteiger partial charge in [-0.15, -0.1) is 11.3 Å². The summed E-state index contributed by atoms with van der Waals surface area (Å²) in [6, 6.07) is 22.6. The van der Waals surface area contributed by atoms with Crippen LogP contribution in [0.3, 0.4) is 0 Å². The van der Waals surface area contributed by atoms with Gasteiger partial charge in [-0.05, 0) is 66.6 Å². The highest BCUT2D eigenvalue weighted by Gasteiger charge is 2.27. The Labute approximate surface area is 288 Å². The molecular weight excluding hydrogens is 621 g/mol. The van der Waals surface area contributed by atoms with E-state index in [-0.39, 0.29) is 17.6 Å². The summed E-state index contributed by atoms with van der Waals surface area (Å²) in [7, 11) is 0. The maximum Gasteiger partial charge on any atom is 0.325 e. The molecule has 0 bridgehead atoms. The molecule has 4 aromatic rings. The van der Waals surface area contributed by atoms with E-state index in [1.807, 2.05) is 79.0 Å². The molecule has 0 aliphatic carbocycles. The molecule has 2 heterocycles. The predicted molar refractivity (Wildman–Crippen MR) is 194 cm³/mol. The summed E-state index contributed by atoms with van der Waals surface area (Å²) in [6.07, 6.45) is 8.20. The van der Waals surface area contributed by atoms with E-state index in [0.29, 0.717) is 11.3 Å². The van der Waals surface area contributed by atoms with E-state index in [1.54, 1.807) is 0 Å². The largest absolute Gasteiger partial charge is 0.494 e. The lowest BCUT2D eigenvalue weighted by atomic mass is 9.92. The molecule has 48 heavy (non-hydrogen) atoms. The molecule has 7 nitrogen and oxygen atoms in total. The van der Waals surface area contributed by atoms with Gasteiger partial charge in [0.15, 0.2) is 5.78 Å². The molecule has 0 saturated heterocycles. The minimum Gasteiger partial charge on any atom is -0.494 e. The number of hydrogen-bond acceptors (Lipinski definition) is 6. The van der Waals surface area contributed by atoms with Crippen molar-refractivity contribution in [3.8, 4) is 28.1 Å². The first kappa shape index (κ1) is 36.5. The molecule has 1 amide bonds. The van der Waals surface area contributed by atoms with Crippen molar-refractivity contribution in [2.75, 3.05) is 6.61 Å². The number of aromatic nitrogens is 1. The lowest BCUT2D eigenvalue weighted by Gasteiger charge is -2.18. The molecule has 0 spiro atoms. The smallest absolute Gasteiger partial charge is 0.325 e. The maximum atomic E-state index is 13.3. The molecular formula is C40H48N2O5S. The highest BCUT2D eigenvalue weighted by molar-refractivity contribution is 7.14.